The van der Waals surface area contributed by atoms with Crippen LogP contribution in [0, 0.1) is 0 Å². The molecule has 6 nitrogen and oxygen atoms in total. The van der Waals surface area contributed by atoms with Crippen molar-refractivity contribution < 1.29 is 9.53 Å². The van der Waals surface area contributed by atoms with E-state index in [1.165, 1.54) is 12.7 Å². The maximum absolute atomic E-state index is 12.6. The topological polar surface area (TPSA) is 66.5 Å². The smallest absolute Gasteiger partial charge is 0.242 e. The van der Waals surface area contributed by atoms with Crippen molar-refractivity contribution in [3.05, 3.63) is 60.3 Å². The molecular weight excluding hydrogens is 328 g/mol. The molecule has 1 aliphatic heterocycles. The van der Waals surface area contributed by atoms with E-state index in [-0.39, 0.29) is 11.9 Å². The van der Waals surface area contributed by atoms with Crippen LogP contribution in [0.3, 0.4) is 0 Å². The van der Waals surface area contributed by atoms with Gasteiger partial charge in [0.2, 0.25) is 11.8 Å². The Morgan fingerprint density at radius 2 is 2.19 bits per heavy atom. The molecule has 1 saturated heterocycles. The monoisotopic (exact) mass is 352 g/mol. The van der Waals surface area contributed by atoms with Gasteiger partial charge in [-0.05, 0) is 17.7 Å². The summed E-state index contributed by atoms with van der Waals surface area (Å²) in [5, 5.41) is 6.18. The molecule has 1 aliphatic rings. The molecule has 2 N–H and O–H groups in total. The quantitative estimate of drug-likeness (QED) is 0.833. The van der Waals surface area contributed by atoms with E-state index in [1.54, 1.807) is 18.3 Å². The van der Waals surface area contributed by atoms with Gasteiger partial charge in [-0.2, -0.15) is 0 Å². The Labute approximate surface area is 153 Å². The minimum Gasteiger partial charge on any atom is -0.480 e. The summed E-state index contributed by atoms with van der Waals surface area (Å²) < 4.78 is 5.18. The van der Waals surface area contributed by atoms with Crippen LogP contribution in [-0.4, -0.2) is 55.1 Å². The molecule has 0 radical (unpaired) electrons. The van der Waals surface area contributed by atoms with Crippen LogP contribution in [0.25, 0.3) is 6.08 Å². The molecule has 2 aromatic rings. The number of nitrogens with zero attached hydrogens (tertiary/aromatic N) is 2. The molecular formula is C20H24N4O2. The van der Waals surface area contributed by atoms with Gasteiger partial charge in [0.05, 0.1) is 13.2 Å². The van der Waals surface area contributed by atoms with E-state index >= 15 is 0 Å². The van der Waals surface area contributed by atoms with E-state index < -0.39 is 0 Å². The number of nitrogens with one attached hydrogen (secondary N) is 2. The van der Waals surface area contributed by atoms with Gasteiger partial charge in [0.15, 0.2) is 0 Å². The average Bonchev–Trinajstić information content (AvgIpc) is 2.69. The van der Waals surface area contributed by atoms with E-state index in [2.05, 4.69) is 44.8 Å². The van der Waals surface area contributed by atoms with Crippen LogP contribution in [0.2, 0.25) is 0 Å². The molecule has 6 heteroatoms. The third-order valence-electron chi connectivity index (χ3n) is 4.27. The van der Waals surface area contributed by atoms with Crippen LogP contribution in [-0.2, 0) is 4.79 Å². The number of aromatic nitrogens is 1. The van der Waals surface area contributed by atoms with E-state index in [0.29, 0.717) is 18.1 Å². The van der Waals surface area contributed by atoms with Gasteiger partial charge in [-0.3, -0.25) is 9.69 Å². The zero-order valence-corrected chi connectivity index (χ0v) is 14.9. The lowest BCUT2D eigenvalue weighted by Crippen LogP contribution is -2.55. The first-order chi connectivity index (χ1) is 12.8. The predicted molar refractivity (Wildman–Crippen MR) is 103 cm³/mol. The molecule has 1 fully saturated rings. The van der Waals surface area contributed by atoms with Crippen molar-refractivity contribution in [2.24, 2.45) is 0 Å². The number of carbonyl (C=O) groups excluding carboxylic acids is 1. The molecule has 26 heavy (non-hydrogen) atoms. The van der Waals surface area contributed by atoms with E-state index in [9.17, 15) is 4.79 Å². The Kier molecular flexibility index (Phi) is 6.35. The number of methoxy groups -OCH3 is 1. The van der Waals surface area contributed by atoms with Gasteiger partial charge in [-0.25, -0.2) is 4.98 Å². The number of anilines is 1. The second-order valence-electron chi connectivity index (χ2n) is 6.13. The van der Waals surface area contributed by atoms with Crippen molar-refractivity contribution in [2.45, 2.75) is 6.04 Å². The number of ether oxygens (including phenoxy) is 1. The summed E-state index contributed by atoms with van der Waals surface area (Å²) >= 11 is 0. The predicted octanol–water partition coefficient (Wildman–Crippen LogP) is 2.02. The molecule has 1 atom stereocenters. The van der Waals surface area contributed by atoms with Crippen LogP contribution in [0.4, 0.5) is 5.69 Å². The van der Waals surface area contributed by atoms with E-state index in [4.69, 9.17) is 4.74 Å². The molecule has 0 saturated carbocycles. The summed E-state index contributed by atoms with van der Waals surface area (Å²) in [5.74, 6) is 0.340. The highest BCUT2D eigenvalue weighted by atomic mass is 16.5. The van der Waals surface area contributed by atoms with Crippen molar-refractivity contribution in [3.8, 4) is 5.88 Å². The molecule has 1 aromatic carbocycles. The first-order valence-electron chi connectivity index (χ1n) is 8.73. The molecule has 0 bridgehead atoms. The zero-order chi connectivity index (χ0) is 18.2. The number of piperazine rings is 1. The van der Waals surface area contributed by atoms with Crippen LogP contribution in [0.15, 0.2) is 54.7 Å². The van der Waals surface area contributed by atoms with Gasteiger partial charge in [-0.1, -0.05) is 42.5 Å². The van der Waals surface area contributed by atoms with Gasteiger partial charge in [0.25, 0.3) is 0 Å². The summed E-state index contributed by atoms with van der Waals surface area (Å²) in [6.07, 6.45) is 5.88. The first-order valence-corrected chi connectivity index (χ1v) is 8.73. The Bertz CT molecular complexity index is 748. The lowest BCUT2D eigenvalue weighted by atomic mass is 10.1. The van der Waals surface area contributed by atoms with Gasteiger partial charge in [-0.15, -0.1) is 0 Å². The molecule has 1 amide bonds. The zero-order valence-electron chi connectivity index (χ0n) is 14.9. The highest BCUT2D eigenvalue weighted by Gasteiger charge is 2.25. The van der Waals surface area contributed by atoms with Gasteiger partial charge < -0.3 is 15.4 Å². The average molecular weight is 352 g/mol. The number of rotatable bonds is 6. The minimum atomic E-state index is -0.265. The van der Waals surface area contributed by atoms with Crippen LogP contribution in [0.1, 0.15) is 5.56 Å². The lowest BCUT2D eigenvalue weighted by molar-refractivity contribution is -0.119. The summed E-state index contributed by atoms with van der Waals surface area (Å²) in [5.41, 5.74) is 1.77. The fourth-order valence-corrected chi connectivity index (χ4v) is 2.92. The highest BCUT2D eigenvalue weighted by molar-refractivity contribution is 5.96. The van der Waals surface area contributed by atoms with E-state index in [1.807, 2.05) is 18.2 Å². The van der Waals surface area contributed by atoms with E-state index in [0.717, 1.165) is 19.6 Å². The van der Waals surface area contributed by atoms with Crippen molar-refractivity contribution >= 4 is 17.7 Å². The Morgan fingerprint density at radius 3 is 3.00 bits per heavy atom. The molecule has 0 spiro atoms. The van der Waals surface area contributed by atoms with Crippen molar-refractivity contribution in [1.82, 2.24) is 15.2 Å². The molecule has 2 heterocycles. The number of carbonyl (C=O) groups is 1. The number of hydrogen-bond donors (Lipinski definition) is 2. The minimum absolute atomic E-state index is 0.0759. The Hall–Kier alpha value is -2.70. The van der Waals surface area contributed by atoms with Crippen LogP contribution in [0.5, 0.6) is 5.88 Å². The fourth-order valence-electron chi connectivity index (χ4n) is 2.92. The maximum Gasteiger partial charge on any atom is 0.242 e. The van der Waals surface area contributed by atoms with Gasteiger partial charge >= 0.3 is 0 Å². The SMILES string of the molecule is COc1ncccc1NC(=O)[C@H]1CN(C/C=C/c2ccccc2)CCN1. The normalized spacial score (nSPS) is 18.0. The summed E-state index contributed by atoms with van der Waals surface area (Å²) in [6, 6.07) is 13.5. The third-order valence-corrected chi connectivity index (χ3v) is 4.27. The van der Waals surface area contributed by atoms with Gasteiger partial charge in [0, 0.05) is 32.4 Å². The number of pyridine rings is 1. The summed E-state index contributed by atoms with van der Waals surface area (Å²) in [6.45, 7) is 3.17. The second-order valence-corrected chi connectivity index (χ2v) is 6.13. The molecule has 1 aromatic heterocycles. The molecule has 136 valence electrons. The second kappa shape index (κ2) is 9.12. The number of hydrogen-bond acceptors (Lipinski definition) is 5. The van der Waals surface area contributed by atoms with Crippen molar-refractivity contribution in [3.63, 3.8) is 0 Å². The van der Waals surface area contributed by atoms with Crippen LogP contribution >= 0.6 is 0 Å². The third kappa shape index (κ3) is 4.91. The molecule has 0 aliphatic carbocycles. The van der Waals surface area contributed by atoms with Crippen molar-refractivity contribution in [2.75, 3.05) is 38.6 Å². The van der Waals surface area contributed by atoms with Gasteiger partial charge in [0.1, 0.15) is 5.69 Å². The van der Waals surface area contributed by atoms with Crippen LogP contribution < -0.4 is 15.4 Å². The standard InChI is InChI=1S/C20H24N4O2/c1-26-20-17(10-5-11-22-20)23-19(25)18-15-24(14-12-21-18)13-6-9-16-7-3-2-4-8-16/h2-11,18,21H,12-15H2,1H3,(H,23,25)/b9-6+/t18-/m1/s1. The highest BCUT2D eigenvalue weighted by Crippen LogP contribution is 2.20. The summed E-state index contributed by atoms with van der Waals surface area (Å²) in [4.78, 5) is 18.9. The number of amides is 1. The first kappa shape index (κ1) is 18.1. The van der Waals surface area contributed by atoms with Crippen molar-refractivity contribution in [1.29, 1.82) is 0 Å². The summed E-state index contributed by atoms with van der Waals surface area (Å²) in [7, 11) is 1.54. The lowest BCUT2D eigenvalue weighted by Gasteiger charge is -2.32. The largest absolute Gasteiger partial charge is 0.480 e. The maximum atomic E-state index is 12.6. The molecule has 0 unspecified atom stereocenters. The Balaban J connectivity index is 1.54. The Morgan fingerprint density at radius 1 is 1.35 bits per heavy atom. The number of benzene rings is 1. The fraction of sp³-hybridized carbons (Fsp3) is 0.300. The molecule has 3 rings (SSSR count).